The molecule has 1 aromatic carbocycles. The summed E-state index contributed by atoms with van der Waals surface area (Å²) in [4.78, 5) is 0. The Morgan fingerprint density at radius 1 is 1.15 bits per heavy atom. The summed E-state index contributed by atoms with van der Waals surface area (Å²) in [5.74, 6) is 0. The van der Waals surface area contributed by atoms with Crippen LogP contribution in [-0.2, 0) is 11.3 Å². The molecule has 0 heterocycles. The smallest absolute Gasteiger partial charge is 0.0717 e. The molecule has 0 saturated heterocycles. The zero-order valence-corrected chi connectivity index (χ0v) is 13.3. The van der Waals surface area contributed by atoms with Crippen LogP contribution >= 0.6 is 0 Å². The number of rotatable bonds is 7. The molecular formula is C17H28O3. The molecule has 114 valence electrons. The second-order valence-corrected chi connectivity index (χ2v) is 7.02. The van der Waals surface area contributed by atoms with Crippen molar-refractivity contribution in [3.8, 4) is 0 Å². The van der Waals surface area contributed by atoms with Gasteiger partial charge in [0.2, 0.25) is 0 Å². The highest BCUT2D eigenvalue weighted by atomic mass is 16.5. The molecule has 0 aliphatic heterocycles. The average Bonchev–Trinajstić information content (AvgIpc) is 2.37. The lowest BCUT2D eigenvalue weighted by molar-refractivity contribution is -0.0974. The van der Waals surface area contributed by atoms with Gasteiger partial charge in [0.15, 0.2) is 0 Å². The number of hydrogen-bond donors (Lipinski definition) is 2. The van der Waals surface area contributed by atoms with E-state index in [-0.39, 0.29) is 6.61 Å². The van der Waals surface area contributed by atoms with Gasteiger partial charge in [0.25, 0.3) is 0 Å². The van der Waals surface area contributed by atoms with Crippen molar-refractivity contribution in [2.24, 2.45) is 10.8 Å². The molecule has 1 aromatic rings. The van der Waals surface area contributed by atoms with Crippen LogP contribution in [0.15, 0.2) is 24.3 Å². The van der Waals surface area contributed by atoms with Gasteiger partial charge in [-0.25, -0.2) is 0 Å². The van der Waals surface area contributed by atoms with E-state index in [4.69, 9.17) is 4.74 Å². The van der Waals surface area contributed by atoms with Crippen molar-refractivity contribution in [1.29, 1.82) is 0 Å². The van der Waals surface area contributed by atoms with Gasteiger partial charge in [-0.3, -0.25) is 0 Å². The van der Waals surface area contributed by atoms with Gasteiger partial charge in [-0.1, -0.05) is 57.5 Å². The highest BCUT2D eigenvalue weighted by molar-refractivity contribution is 5.21. The van der Waals surface area contributed by atoms with Gasteiger partial charge in [0.1, 0.15) is 0 Å². The van der Waals surface area contributed by atoms with Crippen molar-refractivity contribution >= 4 is 0 Å². The second-order valence-electron chi connectivity index (χ2n) is 7.02. The van der Waals surface area contributed by atoms with E-state index in [2.05, 4.69) is 19.1 Å². The SMILES string of the molecule is Cc1cccc(COCC(C)(C)C(O)C(C)(C)CO)c1. The Hall–Kier alpha value is -0.900. The molecule has 0 spiro atoms. The van der Waals surface area contributed by atoms with Crippen LogP contribution in [0.25, 0.3) is 0 Å². The molecule has 1 unspecified atom stereocenters. The van der Waals surface area contributed by atoms with Crippen LogP contribution < -0.4 is 0 Å². The lowest BCUT2D eigenvalue weighted by Gasteiger charge is -2.39. The predicted octanol–water partition coefficient (Wildman–Crippen LogP) is 2.92. The van der Waals surface area contributed by atoms with Crippen LogP contribution in [0.1, 0.15) is 38.8 Å². The summed E-state index contributed by atoms with van der Waals surface area (Å²) in [5, 5.41) is 19.8. The van der Waals surface area contributed by atoms with Gasteiger partial charge in [-0.15, -0.1) is 0 Å². The molecule has 0 aromatic heterocycles. The Morgan fingerprint density at radius 3 is 2.35 bits per heavy atom. The van der Waals surface area contributed by atoms with Crippen LogP contribution in [0.4, 0.5) is 0 Å². The third-order valence-corrected chi connectivity index (χ3v) is 3.71. The minimum atomic E-state index is -0.627. The minimum Gasteiger partial charge on any atom is -0.396 e. The Morgan fingerprint density at radius 2 is 1.80 bits per heavy atom. The summed E-state index contributed by atoms with van der Waals surface area (Å²) in [5.41, 5.74) is 1.41. The van der Waals surface area contributed by atoms with Gasteiger partial charge in [-0.05, 0) is 12.5 Å². The van der Waals surface area contributed by atoms with E-state index in [1.165, 1.54) is 5.56 Å². The molecule has 1 atom stereocenters. The van der Waals surface area contributed by atoms with Crippen molar-refractivity contribution in [2.45, 2.75) is 47.3 Å². The first kappa shape index (κ1) is 17.2. The van der Waals surface area contributed by atoms with Gasteiger partial charge >= 0.3 is 0 Å². The molecule has 0 bridgehead atoms. The molecular weight excluding hydrogens is 252 g/mol. The zero-order valence-electron chi connectivity index (χ0n) is 13.3. The van der Waals surface area contributed by atoms with Crippen LogP contribution in [-0.4, -0.2) is 29.5 Å². The topological polar surface area (TPSA) is 49.7 Å². The van der Waals surface area contributed by atoms with Gasteiger partial charge in [0, 0.05) is 10.8 Å². The monoisotopic (exact) mass is 280 g/mol. The summed E-state index contributed by atoms with van der Waals surface area (Å²) >= 11 is 0. The molecule has 0 saturated carbocycles. The number of benzene rings is 1. The number of hydrogen-bond acceptors (Lipinski definition) is 3. The van der Waals surface area contributed by atoms with Crippen LogP contribution in [0, 0.1) is 17.8 Å². The standard InChI is InChI=1S/C17H28O3/c1-13-7-6-8-14(9-13)10-20-12-17(4,5)15(19)16(2,3)11-18/h6-9,15,18-19H,10-12H2,1-5H3. The van der Waals surface area contributed by atoms with E-state index in [9.17, 15) is 10.2 Å². The van der Waals surface area contributed by atoms with E-state index >= 15 is 0 Å². The molecule has 2 N–H and O–H groups in total. The minimum absolute atomic E-state index is 0.0462. The normalized spacial score (nSPS) is 14.3. The first-order valence-corrected chi connectivity index (χ1v) is 7.11. The molecule has 0 amide bonds. The molecule has 1 rings (SSSR count). The van der Waals surface area contributed by atoms with E-state index in [1.807, 2.05) is 39.8 Å². The van der Waals surface area contributed by atoms with Gasteiger partial charge in [0.05, 0.1) is 25.9 Å². The van der Waals surface area contributed by atoms with E-state index in [1.54, 1.807) is 0 Å². The summed E-state index contributed by atoms with van der Waals surface area (Å²) in [7, 11) is 0. The maximum Gasteiger partial charge on any atom is 0.0717 e. The van der Waals surface area contributed by atoms with Crippen LogP contribution in [0.2, 0.25) is 0 Å². The van der Waals surface area contributed by atoms with E-state index in [0.717, 1.165) is 5.56 Å². The van der Waals surface area contributed by atoms with E-state index < -0.39 is 16.9 Å². The first-order chi connectivity index (χ1) is 9.19. The average molecular weight is 280 g/mol. The van der Waals surface area contributed by atoms with Crippen molar-refractivity contribution in [2.75, 3.05) is 13.2 Å². The highest BCUT2D eigenvalue weighted by Crippen LogP contribution is 2.34. The Labute approximate surface area is 122 Å². The van der Waals surface area contributed by atoms with Crippen LogP contribution in [0.5, 0.6) is 0 Å². The maximum atomic E-state index is 10.4. The Bertz CT molecular complexity index is 424. The summed E-state index contributed by atoms with van der Waals surface area (Å²) in [6, 6.07) is 8.21. The molecule has 0 fully saturated rings. The molecule has 0 aliphatic carbocycles. The summed E-state index contributed by atoms with van der Waals surface area (Å²) in [6.45, 7) is 10.6. The zero-order chi connectivity index (χ0) is 15.4. The number of aliphatic hydroxyl groups is 2. The molecule has 20 heavy (non-hydrogen) atoms. The highest BCUT2D eigenvalue weighted by Gasteiger charge is 2.39. The third-order valence-electron chi connectivity index (χ3n) is 3.71. The summed E-state index contributed by atoms with van der Waals surface area (Å²) in [6.07, 6.45) is -0.627. The van der Waals surface area contributed by atoms with E-state index in [0.29, 0.717) is 13.2 Å². The number of aryl methyl sites for hydroxylation is 1. The van der Waals surface area contributed by atoms with Crippen LogP contribution in [0.3, 0.4) is 0 Å². The number of aliphatic hydroxyl groups excluding tert-OH is 2. The Kier molecular flexibility index (Phi) is 5.75. The molecule has 3 nitrogen and oxygen atoms in total. The number of ether oxygens (including phenoxy) is 1. The molecule has 0 aliphatic rings. The fourth-order valence-corrected chi connectivity index (χ4v) is 2.46. The lowest BCUT2D eigenvalue weighted by atomic mass is 9.73. The van der Waals surface area contributed by atoms with Crippen molar-refractivity contribution in [1.82, 2.24) is 0 Å². The van der Waals surface area contributed by atoms with Gasteiger partial charge < -0.3 is 14.9 Å². The third kappa shape index (κ3) is 4.58. The maximum absolute atomic E-state index is 10.4. The largest absolute Gasteiger partial charge is 0.396 e. The summed E-state index contributed by atoms with van der Waals surface area (Å²) < 4.78 is 5.76. The molecule has 3 heteroatoms. The Balaban J connectivity index is 2.55. The fraction of sp³-hybridized carbons (Fsp3) is 0.647. The predicted molar refractivity (Wildman–Crippen MR) is 81.5 cm³/mol. The lowest BCUT2D eigenvalue weighted by Crippen LogP contribution is -2.46. The fourth-order valence-electron chi connectivity index (χ4n) is 2.46. The van der Waals surface area contributed by atoms with Crippen molar-refractivity contribution in [3.05, 3.63) is 35.4 Å². The molecule has 0 radical (unpaired) electrons. The first-order valence-electron chi connectivity index (χ1n) is 7.11. The van der Waals surface area contributed by atoms with Crippen molar-refractivity contribution < 1.29 is 14.9 Å². The van der Waals surface area contributed by atoms with Gasteiger partial charge in [-0.2, -0.15) is 0 Å². The second kappa shape index (κ2) is 6.70. The van der Waals surface area contributed by atoms with Crippen molar-refractivity contribution in [3.63, 3.8) is 0 Å². The quantitative estimate of drug-likeness (QED) is 0.807.